The molecular formula is C9H15BrN4. The quantitative estimate of drug-likeness (QED) is 0.814. The molecule has 0 fully saturated rings. The van der Waals surface area contributed by atoms with Gasteiger partial charge in [0.2, 0.25) is 5.95 Å². The van der Waals surface area contributed by atoms with E-state index in [0.29, 0.717) is 22.3 Å². The van der Waals surface area contributed by atoms with E-state index >= 15 is 0 Å². The van der Waals surface area contributed by atoms with Crippen molar-refractivity contribution in [1.82, 2.24) is 9.97 Å². The summed E-state index contributed by atoms with van der Waals surface area (Å²) in [4.78, 5) is 8.20. The fourth-order valence-corrected chi connectivity index (χ4v) is 1.39. The molecule has 0 bridgehead atoms. The zero-order chi connectivity index (χ0) is 10.6. The van der Waals surface area contributed by atoms with Gasteiger partial charge in [-0.3, -0.25) is 0 Å². The van der Waals surface area contributed by atoms with Crippen molar-refractivity contribution < 1.29 is 0 Å². The summed E-state index contributed by atoms with van der Waals surface area (Å²) in [5, 5.41) is 3.13. The van der Waals surface area contributed by atoms with Gasteiger partial charge < -0.3 is 11.1 Å². The van der Waals surface area contributed by atoms with E-state index in [4.69, 9.17) is 5.73 Å². The highest BCUT2D eigenvalue weighted by Gasteiger charge is 2.00. The Morgan fingerprint density at radius 2 is 2.21 bits per heavy atom. The van der Waals surface area contributed by atoms with Crippen LogP contribution in [0.2, 0.25) is 0 Å². The molecule has 1 heterocycles. The van der Waals surface area contributed by atoms with Crippen molar-refractivity contribution in [2.24, 2.45) is 5.92 Å². The Morgan fingerprint density at radius 3 is 2.79 bits per heavy atom. The van der Waals surface area contributed by atoms with E-state index in [9.17, 15) is 0 Å². The molecule has 0 aliphatic heterocycles. The summed E-state index contributed by atoms with van der Waals surface area (Å²) in [7, 11) is 0. The molecule has 0 saturated heterocycles. The number of hydrogen-bond donors (Lipinski definition) is 2. The molecule has 0 atom stereocenters. The Labute approximate surface area is 92.5 Å². The molecule has 0 saturated carbocycles. The van der Waals surface area contributed by atoms with Gasteiger partial charge in [-0.1, -0.05) is 13.8 Å². The molecule has 0 aliphatic rings. The number of anilines is 2. The topological polar surface area (TPSA) is 63.8 Å². The number of hydrogen-bond acceptors (Lipinski definition) is 4. The first-order valence-electron chi connectivity index (χ1n) is 4.62. The smallest absolute Gasteiger partial charge is 0.225 e. The van der Waals surface area contributed by atoms with Crippen LogP contribution in [0.5, 0.6) is 0 Å². The van der Waals surface area contributed by atoms with Gasteiger partial charge in [-0.15, -0.1) is 0 Å². The van der Waals surface area contributed by atoms with Gasteiger partial charge in [-0.25, -0.2) is 4.98 Å². The number of halogens is 1. The molecule has 1 aromatic heterocycles. The van der Waals surface area contributed by atoms with E-state index < -0.39 is 0 Å². The normalized spacial score (nSPS) is 10.6. The van der Waals surface area contributed by atoms with Crippen LogP contribution in [0.4, 0.5) is 11.8 Å². The molecule has 1 rings (SSSR count). The number of nitrogens with zero attached hydrogens (tertiary/aromatic N) is 2. The van der Waals surface area contributed by atoms with E-state index in [0.717, 1.165) is 13.0 Å². The molecule has 3 N–H and O–H groups in total. The van der Waals surface area contributed by atoms with Crippen molar-refractivity contribution in [1.29, 1.82) is 0 Å². The largest absolute Gasteiger partial charge is 0.383 e. The lowest BCUT2D eigenvalue weighted by atomic mass is 10.1. The average Bonchev–Trinajstić information content (AvgIpc) is 2.01. The van der Waals surface area contributed by atoms with Gasteiger partial charge in [0, 0.05) is 12.6 Å². The fraction of sp³-hybridized carbons (Fsp3) is 0.556. The highest BCUT2D eigenvalue weighted by Crippen LogP contribution is 2.12. The molecule has 0 aromatic carbocycles. The van der Waals surface area contributed by atoms with Gasteiger partial charge in [0.05, 0.1) is 0 Å². The second-order valence-electron chi connectivity index (χ2n) is 3.55. The van der Waals surface area contributed by atoms with Crippen LogP contribution in [-0.4, -0.2) is 16.5 Å². The first-order valence-corrected chi connectivity index (χ1v) is 5.41. The molecule has 78 valence electrons. The van der Waals surface area contributed by atoms with Gasteiger partial charge in [0.15, 0.2) is 0 Å². The van der Waals surface area contributed by atoms with E-state index in [1.165, 1.54) is 0 Å². The summed E-state index contributed by atoms with van der Waals surface area (Å²) in [5.41, 5.74) is 5.57. The lowest BCUT2D eigenvalue weighted by Gasteiger charge is -2.07. The number of rotatable bonds is 4. The maximum Gasteiger partial charge on any atom is 0.225 e. The first-order chi connectivity index (χ1) is 6.58. The Morgan fingerprint density at radius 1 is 1.50 bits per heavy atom. The molecule has 4 nitrogen and oxygen atoms in total. The number of nitrogens with two attached hydrogens (primary N) is 1. The van der Waals surface area contributed by atoms with Crippen LogP contribution in [0.25, 0.3) is 0 Å². The van der Waals surface area contributed by atoms with Gasteiger partial charge in [-0.2, -0.15) is 4.98 Å². The summed E-state index contributed by atoms with van der Waals surface area (Å²) in [6.45, 7) is 5.23. The minimum atomic E-state index is 0.471. The molecule has 14 heavy (non-hydrogen) atoms. The monoisotopic (exact) mass is 258 g/mol. The van der Waals surface area contributed by atoms with Crippen molar-refractivity contribution >= 4 is 27.7 Å². The summed E-state index contributed by atoms with van der Waals surface area (Å²) < 4.78 is 0.706. The third kappa shape index (κ3) is 3.91. The zero-order valence-corrected chi connectivity index (χ0v) is 10.0. The molecule has 5 heteroatoms. The third-order valence-corrected chi connectivity index (χ3v) is 2.13. The highest BCUT2D eigenvalue weighted by atomic mass is 79.9. The van der Waals surface area contributed by atoms with Gasteiger partial charge in [0.1, 0.15) is 10.4 Å². The highest BCUT2D eigenvalue weighted by molar-refractivity contribution is 9.10. The number of aromatic nitrogens is 2. The van der Waals surface area contributed by atoms with E-state index in [1.54, 1.807) is 6.07 Å². The Kier molecular flexibility index (Phi) is 4.13. The standard InChI is InChI=1S/C9H15BrN4/c1-6(2)3-4-12-9-13-7(10)5-8(11)14-9/h5-6H,3-4H2,1-2H3,(H3,11,12,13,14). The summed E-state index contributed by atoms with van der Waals surface area (Å²) in [6, 6.07) is 1.67. The van der Waals surface area contributed by atoms with Gasteiger partial charge in [0.25, 0.3) is 0 Å². The maximum absolute atomic E-state index is 5.57. The van der Waals surface area contributed by atoms with Crippen molar-refractivity contribution in [2.75, 3.05) is 17.6 Å². The van der Waals surface area contributed by atoms with Crippen molar-refractivity contribution in [3.05, 3.63) is 10.7 Å². The second-order valence-corrected chi connectivity index (χ2v) is 4.36. The minimum absolute atomic E-state index is 0.471. The summed E-state index contributed by atoms with van der Waals surface area (Å²) >= 11 is 3.26. The van der Waals surface area contributed by atoms with E-state index in [2.05, 4.69) is 45.1 Å². The van der Waals surface area contributed by atoms with Crippen LogP contribution in [0.1, 0.15) is 20.3 Å². The van der Waals surface area contributed by atoms with Crippen LogP contribution < -0.4 is 11.1 Å². The first kappa shape index (κ1) is 11.2. The molecule has 0 aliphatic carbocycles. The third-order valence-electron chi connectivity index (χ3n) is 1.72. The molecule has 0 amide bonds. The predicted octanol–water partition coefficient (Wildman–Crippen LogP) is 2.28. The van der Waals surface area contributed by atoms with Crippen molar-refractivity contribution in [3.63, 3.8) is 0 Å². The molecule has 0 unspecified atom stereocenters. The SMILES string of the molecule is CC(C)CCNc1nc(N)cc(Br)n1. The van der Waals surface area contributed by atoms with Crippen LogP contribution in [-0.2, 0) is 0 Å². The minimum Gasteiger partial charge on any atom is -0.383 e. The van der Waals surface area contributed by atoms with E-state index in [1.807, 2.05) is 0 Å². The Balaban J connectivity index is 2.50. The Bertz CT molecular complexity index is 281. The van der Waals surface area contributed by atoms with Crippen LogP contribution in [0.15, 0.2) is 10.7 Å². The van der Waals surface area contributed by atoms with Crippen LogP contribution >= 0.6 is 15.9 Å². The van der Waals surface area contributed by atoms with E-state index in [-0.39, 0.29) is 0 Å². The van der Waals surface area contributed by atoms with Crippen molar-refractivity contribution in [2.45, 2.75) is 20.3 Å². The van der Waals surface area contributed by atoms with Crippen molar-refractivity contribution in [3.8, 4) is 0 Å². The van der Waals surface area contributed by atoms with Gasteiger partial charge >= 0.3 is 0 Å². The lowest BCUT2D eigenvalue weighted by molar-refractivity contribution is 0.606. The van der Waals surface area contributed by atoms with Crippen LogP contribution in [0, 0.1) is 5.92 Å². The number of nitrogen functional groups attached to an aromatic ring is 1. The molecule has 1 aromatic rings. The maximum atomic E-state index is 5.57. The average molecular weight is 259 g/mol. The Hall–Kier alpha value is -0.840. The summed E-state index contributed by atoms with van der Waals surface area (Å²) in [6.07, 6.45) is 1.09. The van der Waals surface area contributed by atoms with Gasteiger partial charge in [-0.05, 0) is 28.3 Å². The molecular weight excluding hydrogens is 244 g/mol. The molecule has 0 spiro atoms. The second kappa shape index (κ2) is 5.14. The fourth-order valence-electron chi connectivity index (χ4n) is 0.987. The summed E-state index contributed by atoms with van der Waals surface area (Å²) in [5.74, 6) is 1.73. The predicted molar refractivity (Wildman–Crippen MR) is 62.1 cm³/mol. The molecule has 0 radical (unpaired) electrons. The zero-order valence-electron chi connectivity index (χ0n) is 8.42. The number of nitrogens with one attached hydrogen (secondary N) is 1. The van der Waals surface area contributed by atoms with Crippen LogP contribution in [0.3, 0.4) is 0 Å². The lowest BCUT2D eigenvalue weighted by Crippen LogP contribution is -2.08.